The number of fused-ring (bicyclic) bond motifs is 1. The second kappa shape index (κ2) is 7.12. The Morgan fingerprint density at radius 2 is 1.96 bits per heavy atom. The van der Waals surface area contributed by atoms with E-state index in [9.17, 15) is 9.59 Å². The van der Waals surface area contributed by atoms with Gasteiger partial charge in [-0.25, -0.2) is 0 Å². The molecule has 2 aromatic rings. The number of likely N-dealkylation sites (tertiary alicyclic amines) is 1. The number of aryl methyl sites for hydroxylation is 2. The van der Waals surface area contributed by atoms with Crippen LogP contribution in [0.4, 0.5) is 0 Å². The molecule has 1 aromatic heterocycles. The maximum absolute atomic E-state index is 12.7. The molecule has 1 aromatic carbocycles. The number of carbonyl (C=O) groups excluding carboxylic acids is 2. The highest BCUT2D eigenvalue weighted by Crippen LogP contribution is 2.33. The molecule has 0 bridgehead atoms. The molecule has 2 heterocycles. The van der Waals surface area contributed by atoms with Crippen molar-refractivity contribution in [2.45, 2.75) is 51.0 Å². The van der Waals surface area contributed by atoms with Crippen LogP contribution >= 0.6 is 11.3 Å². The third kappa shape index (κ3) is 3.40. The van der Waals surface area contributed by atoms with Crippen LogP contribution in [0.15, 0.2) is 35.0 Å². The SMILES string of the molecule is O=C(CCC(=O)N1CCCC1c1ccsc1)c1ccc2c(c1)CCC2. The van der Waals surface area contributed by atoms with E-state index in [-0.39, 0.29) is 17.7 Å². The number of nitrogens with zero attached hydrogens (tertiary/aromatic N) is 1. The Labute approximate surface area is 152 Å². The first-order valence-corrected chi connectivity index (χ1v) is 10.1. The van der Waals surface area contributed by atoms with Crippen LogP contribution in [0.2, 0.25) is 0 Å². The molecule has 4 rings (SSSR count). The summed E-state index contributed by atoms with van der Waals surface area (Å²) >= 11 is 1.67. The molecule has 0 spiro atoms. The summed E-state index contributed by atoms with van der Waals surface area (Å²) in [6.45, 7) is 0.812. The highest BCUT2D eigenvalue weighted by atomic mass is 32.1. The zero-order valence-electron chi connectivity index (χ0n) is 14.4. The van der Waals surface area contributed by atoms with Crippen LogP contribution in [-0.2, 0) is 17.6 Å². The molecule has 1 aliphatic carbocycles. The first-order valence-electron chi connectivity index (χ1n) is 9.19. The van der Waals surface area contributed by atoms with Crippen LogP contribution in [0, 0.1) is 0 Å². The van der Waals surface area contributed by atoms with Crippen molar-refractivity contribution in [3.63, 3.8) is 0 Å². The molecule has 1 aliphatic heterocycles. The average molecular weight is 353 g/mol. The fraction of sp³-hybridized carbons (Fsp3) is 0.429. The van der Waals surface area contributed by atoms with E-state index < -0.39 is 0 Å². The van der Waals surface area contributed by atoms with Crippen molar-refractivity contribution >= 4 is 23.0 Å². The largest absolute Gasteiger partial charge is 0.336 e. The van der Waals surface area contributed by atoms with E-state index in [1.54, 1.807) is 11.3 Å². The van der Waals surface area contributed by atoms with Crippen molar-refractivity contribution in [3.8, 4) is 0 Å². The Kier molecular flexibility index (Phi) is 4.71. The van der Waals surface area contributed by atoms with Crippen LogP contribution in [0.3, 0.4) is 0 Å². The maximum atomic E-state index is 12.7. The van der Waals surface area contributed by atoms with E-state index in [0.717, 1.165) is 37.8 Å². The molecule has 0 radical (unpaired) electrons. The molecule has 4 heteroatoms. The van der Waals surface area contributed by atoms with Crippen molar-refractivity contribution < 1.29 is 9.59 Å². The minimum atomic E-state index is 0.0920. The predicted octanol–water partition coefficient (Wildman–Crippen LogP) is 4.56. The summed E-state index contributed by atoms with van der Waals surface area (Å²) in [7, 11) is 0. The number of benzene rings is 1. The third-order valence-corrected chi connectivity index (χ3v) is 6.19. The molecular weight excluding hydrogens is 330 g/mol. The average Bonchev–Trinajstić information content (AvgIpc) is 3.38. The Hall–Kier alpha value is -1.94. The van der Waals surface area contributed by atoms with Crippen molar-refractivity contribution in [1.29, 1.82) is 0 Å². The van der Waals surface area contributed by atoms with Gasteiger partial charge in [-0.05, 0) is 71.7 Å². The van der Waals surface area contributed by atoms with E-state index in [1.807, 2.05) is 17.0 Å². The first kappa shape index (κ1) is 16.5. The number of rotatable bonds is 5. The molecule has 1 atom stereocenters. The molecule has 130 valence electrons. The number of ketones is 1. The smallest absolute Gasteiger partial charge is 0.223 e. The van der Waals surface area contributed by atoms with Crippen LogP contribution in [-0.4, -0.2) is 23.1 Å². The molecule has 1 fully saturated rings. The quantitative estimate of drug-likeness (QED) is 0.739. The molecule has 0 N–H and O–H groups in total. The van der Waals surface area contributed by atoms with Gasteiger partial charge in [0.2, 0.25) is 5.91 Å². The summed E-state index contributed by atoms with van der Waals surface area (Å²) in [6, 6.07) is 8.37. The van der Waals surface area contributed by atoms with Gasteiger partial charge in [-0.3, -0.25) is 9.59 Å². The van der Waals surface area contributed by atoms with Crippen molar-refractivity contribution in [3.05, 3.63) is 57.3 Å². The Morgan fingerprint density at radius 3 is 2.80 bits per heavy atom. The monoisotopic (exact) mass is 353 g/mol. The summed E-state index contributed by atoms with van der Waals surface area (Å²) in [6.07, 6.45) is 6.09. The van der Waals surface area contributed by atoms with Gasteiger partial charge in [0, 0.05) is 24.9 Å². The number of Topliss-reactive ketones (excluding diaryl/α,β-unsaturated/α-hetero) is 1. The lowest BCUT2D eigenvalue weighted by Crippen LogP contribution is -2.30. The van der Waals surface area contributed by atoms with Crippen LogP contribution in [0.25, 0.3) is 0 Å². The van der Waals surface area contributed by atoms with E-state index >= 15 is 0 Å². The molecule has 25 heavy (non-hydrogen) atoms. The fourth-order valence-electron chi connectivity index (χ4n) is 4.13. The minimum absolute atomic E-state index is 0.0920. The molecule has 1 saturated heterocycles. The number of thiophene rings is 1. The van der Waals surface area contributed by atoms with Crippen molar-refractivity contribution in [2.75, 3.05) is 6.54 Å². The zero-order chi connectivity index (χ0) is 17.2. The molecule has 3 nitrogen and oxygen atoms in total. The second-order valence-corrected chi connectivity index (χ2v) is 7.84. The lowest BCUT2D eigenvalue weighted by Gasteiger charge is -2.24. The first-order chi connectivity index (χ1) is 12.2. The fourth-order valence-corrected chi connectivity index (χ4v) is 4.84. The van der Waals surface area contributed by atoms with E-state index in [4.69, 9.17) is 0 Å². The normalized spacial score (nSPS) is 19.2. The summed E-state index contributed by atoms with van der Waals surface area (Å²) in [5, 5.41) is 4.19. The van der Waals surface area contributed by atoms with Gasteiger partial charge >= 0.3 is 0 Å². The third-order valence-electron chi connectivity index (χ3n) is 5.49. The van der Waals surface area contributed by atoms with Crippen LogP contribution in [0.5, 0.6) is 0 Å². The molecular formula is C21H23NO2S. The number of hydrogen-bond acceptors (Lipinski definition) is 3. The van der Waals surface area contributed by atoms with E-state index in [2.05, 4.69) is 22.9 Å². The summed E-state index contributed by atoms with van der Waals surface area (Å²) in [4.78, 5) is 27.1. The maximum Gasteiger partial charge on any atom is 0.223 e. The molecule has 1 amide bonds. The van der Waals surface area contributed by atoms with Gasteiger partial charge < -0.3 is 4.90 Å². The van der Waals surface area contributed by atoms with Gasteiger partial charge in [0.05, 0.1) is 6.04 Å². The minimum Gasteiger partial charge on any atom is -0.336 e. The highest BCUT2D eigenvalue weighted by molar-refractivity contribution is 7.08. The van der Waals surface area contributed by atoms with Crippen molar-refractivity contribution in [1.82, 2.24) is 4.90 Å². The molecule has 2 aliphatic rings. The second-order valence-electron chi connectivity index (χ2n) is 7.06. The summed E-state index contributed by atoms with van der Waals surface area (Å²) in [5.41, 5.74) is 4.70. The Bertz CT molecular complexity index is 781. The van der Waals surface area contributed by atoms with E-state index in [1.165, 1.54) is 23.1 Å². The van der Waals surface area contributed by atoms with Gasteiger partial charge in [-0.15, -0.1) is 0 Å². The lowest BCUT2D eigenvalue weighted by atomic mass is 10.0. The Morgan fingerprint density at radius 1 is 1.08 bits per heavy atom. The Balaban J connectivity index is 1.37. The number of hydrogen-bond donors (Lipinski definition) is 0. The lowest BCUT2D eigenvalue weighted by molar-refractivity contribution is -0.132. The highest BCUT2D eigenvalue weighted by Gasteiger charge is 2.30. The molecule has 1 unspecified atom stereocenters. The zero-order valence-corrected chi connectivity index (χ0v) is 15.2. The van der Waals surface area contributed by atoms with E-state index in [0.29, 0.717) is 12.8 Å². The van der Waals surface area contributed by atoms with Crippen LogP contribution < -0.4 is 0 Å². The van der Waals surface area contributed by atoms with Gasteiger partial charge in [-0.1, -0.05) is 12.1 Å². The number of carbonyl (C=O) groups is 2. The van der Waals surface area contributed by atoms with Crippen LogP contribution in [0.1, 0.15) is 65.2 Å². The summed E-state index contributed by atoms with van der Waals surface area (Å²) in [5.74, 6) is 0.206. The van der Waals surface area contributed by atoms with Gasteiger partial charge in [0.1, 0.15) is 0 Å². The molecule has 0 saturated carbocycles. The van der Waals surface area contributed by atoms with Gasteiger partial charge in [-0.2, -0.15) is 11.3 Å². The topological polar surface area (TPSA) is 37.4 Å². The number of amides is 1. The van der Waals surface area contributed by atoms with Gasteiger partial charge in [0.15, 0.2) is 5.78 Å². The van der Waals surface area contributed by atoms with Gasteiger partial charge in [0.25, 0.3) is 0 Å². The van der Waals surface area contributed by atoms with Crippen molar-refractivity contribution in [2.24, 2.45) is 0 Å². The predicted molar refractivity (Wildman–Crippen MR) is 100 cm³/mol. The summed E-state index contributed by atoms with van der Waals surface area (Å²) < 4.78 is 0. The standard InChI is InChI=1S/C21H23NO2S/c23-20(17-7-6-15-3-1-4-16(15)13-17)8-9-21(24)22-11-2-5-19(22)18-10-12-25-14-18/h6-7,10,12-14,19H,1-5,8-9,11H2.